The number of ether oxygens (including phenoxy) is 11. The van der Waals surface area contributed by atoms with Crippen molar-refractivity contribution in [2.24, 2.45) is 0 Å². The van der Waals surface area contributed by atoms with Crippen molar-refractivity contribution in [3.05, 3.63) is 179 Å². The molecular weight excluding hydrogens is 1090 g/mol. The minimum absolute atomic E-state index is 0.0622. The summed E-state index contributed by atoms with van der Waals surface area (Å²) in [5, 5.41) is 40.8. The molecule has 0 saturated carbocycles. The molecule has 5 N–H and O–H groups in total. The fourth-order valence-corrected chi connectivity index (χ4v) is 9.62. The van der Waals surface area contributed by atoms with Crippen molar-refractivity contribution in [2.45, 2.75) is 143 Å². The van der Waals surface area contributed by atoms with Gasteiger partial charge in [-0.2, -0.15) is 0 Å². The second-order valence-corrected chi connectivity index (χ2v) is 21.9. The van der Waals surface area contributed by atoms with Gasteiger partial charge in [-0.25, -0.2) is 4.79 Å². The fraction of sp³-hybridized carbons (Fsp3) is 0.448. The van der Waals surface area contributed by atoms with E-state index in [-0.39, 0.29) is 46.2 Å². The number of aliphatic hydroxyl groups excluding tert-OH is 3. The van der Waals surface area contributed by atoms with Gasteiger partial charge in [0, 0.05) is 6.92 Å². The number of alkyl halides is 3. The van der Waals surface area contributed by atoms with Crippen molar-refractivity contribution in [1.29, 1.82) is 0 Å². The lowest BCUT2D eigenvalue weighted by atomic mass is 9.93. The molecule has 8 rings (SSSR count). The molecule has 0 unspecified atom stereocenters. The first kappa shape index (κ1) is 60.3. The first-order chi connectivity index (χ1) is 38.2. The minimum Gasteiger partial charge on any atom is -0.445 e. The molecule has 5 aromatic carbocycles. The molecule has 3 aliphatic heterocycles. The Labute approximate surface area is 474 Å². The summed E-state index contributed by atoms with van der Waals surface area (Å²) in [6.07, 6.45) is -18.4. The average molecular weight is 1150 g/mol. The van der Waals surface area contributed by atoms with Gasteiger partial charge in [-0.05, 0) is 34.7 Å². The molecule has 0 aliphatic carbocycles. The smallest absolute Gasteiger partial charge is 0.407 e. The topological polar surface area (TPSA) is 220 Å². The highest BCUT2D eigenvalue weighted by Crippen LogP contribution is 2.37. The lowest BCUT2D eigenvalue weighted by molar-refractivity contribution is -0.371. The number of benzene rings is 5. The van der Waals surface area contributed by atoms with Crippen molar-refractivity contribution in [1.82, 2.24) is 10.6 Å². The van der Waals surface area contributed by atoms with E-state index in [2.05, 4.69) is 10.6 Å². The van der Waals surface area contributed by atoms with Crippen LogP contribution in [0.2, 0.25) is 0 Å². The van der Waals surface area contributed by atoms with E-state index in [1.54, 1.807) is 0 Å². The number of amides is 2. The van der Waals surface area contributed by atoms with Gasteiger partial charge in [0.25, 0.3) is 0 Å². The molecule has 15 atom stereocenters. The molecule has 18 nitrogen and oxygen atoms in total. The maximum absolute atomic E-state index is 13.5. The van der Waals surface area contributed by atoms with Gasteiger partial charge in [0.05, 0.1) is 52.4 Å². The first-order valence-electron chi connectivity index (χ1n) is 26.0. The van der Waals surface area contributed by atoms with Crippen LogP contribution in [0.4, 0.5) is 4.79 Å². The van der Waals surface area contributed by atoms with Crippen LogP contribution < -0.4 is 10.6 Å². The molecule has 3 aliphatic rings. The third-order valence-corrected chi connectivity index (χ3v) is 13.7. The van der Waals surface area contributed by atoms with Crippen LogP contribution >= 0.6 is 34.8 Å². The fourth-order valence-electron chi connectivity index (χ4n) is 9.46. The van der Waals surface area contributed by atoms with E-state index in [9.17, 15) is 24.9 Å². The molecule has 79 heavy (non-hydrogen) atoms. The van der Waals surface area contributed by atoms with E-state index in [1.807, 2.05) is 159 Å². The Balaban J connectivity index is 1.17. The van der Waals surface area contributed by atoms with Crippen molar-refractivity contribution in [3.8, 4) is 0 Å². The van der Waals surface area contributed by atoms with Crippen LogP contribution in [-0.2, 0) is 89.9 Å². The van der Waals surface area contributed by atoms with Gasteiger partial charge in [0.15, 0.2) is 18.9 Å². The maximum atomic E-state index is 13.5. The quantitative estimate of drug-likeness (QED) is 0.0400. The van der Waals surface area contributed by atoms with E-state index in [0.29, 0.717) is 0 Å². The molecular formula is C58H67Cl3N2O16. The number of carbonyl (C=O) groups is 2. The number of aliphatic hydroxyl groups is 3. The zero-order valence-corrected chi connectivity index (χ0v) is 45.8. The monoisotopic (exact) mass is 1150 g/mol. The Bertz CT molecular complexity index is 2580. The van der Waals surface area contributed by atoms with Gasteiger partial charge >= 0.3 is 6.09 Å². The summed E-state index contributed by atoms with van der Waals surface area (Å²) in [6.45, 7) is 2.47. The molecule has 2 amide bonds. The molecule has 3 fully saturated rings. The molecule has 5 aromatic rings. The van der Waals surface area contributed by atoms with Crippen LogP contribution in [0.3, 0.4) is 0 Å². The highest BCUT2D eigenvalue weighted by atomic mass is 35.6. The van der Waals surface area contributed by atoms with Gasteiger partial charge < -0.3 is 78.1 Å². The number of carbonyl (C=O) groups excluding carboxylic acids is 2. The number of alkyl carbamates (subject to hydrolysis) is 1. The zero-order valence-electron chi connectivity index (χ0n) is 43.5. The number of nitrogens with one attached hydrogen (secondary N) is 2. The summed E-state index contributed by atoms with van der Waals surface area (Å²) < 4.78 is 69.5. The van der Waals surface area contributed by atoms with Crippen molar-refractivity contribution in [3.63, 3.8) is 0 Å². The summed E-state index contributed by atoms with van der Waals surface area (Å²) in [7, 11) is 0. The Morgan fingerprint density at radius 1 is 0.506 bits per heavy atom. The second kappa shape index (κ2) is 29.8. The van der Waals surface area contributed by atoms with Crippen molar-refractivity contribution >= 4 is 46.8 Å². The SMILES string of the molecule is CC(=O)N[C@@H]1[C@@H](O[C@@H]2O[C@@H](C)[C@@H](OCc3ccccc3)[C@@H](OCc3ccccc3)[C@@H]2OCc2ccccc2)[C@H](O[C@@H]2O[C@H](COCc3ccccc3)[C@H](O)[C@H](O)[C@H]2NC(=O)OCC(Cl)(Cl)Cl)[C@@H](COCc2ccccc2)O[C@H]1O. The molecule has 3 saturated heterocycles. The van der Waals surface area contributed by atoms with Gasteiger partial charge in [-0.1, -0.05) is 186 Å². The third kappa shape index (κ3) is 17.8. The van der Waals surface area contributed by atoms with E-state index in [0.717, 1.165) is 27.8 Å². The third-order valence-electron chi connectivity index (χ3n) is 13.3. The first-order valence-corrected chi connectivity index (χ1v) is 27.1. The molecule has 426 valence electrons. The normalized spacial score (nSPS) is 29.1. The Morgan fingerprint density at radius 3 is 1.43 bits per heavy atom. The number of halogens is 3. The van der Waals surface area contributed by atoms with Gasteiger partial charge in [-0.3, -0.25) is 4.79 Å². The summed E-state index contributed by atoms with van der Waals surface area (Å²) in [5.74, 6) is -0.577. The number of hydrogen-bond donors (Lipinski definition) is 5. The van der Waals surface area contributed by atoms with E-state index in [4.69, 9.17) is 86.9 Å². The van der Waals surface area contributed by atoms with Crippen LogP contribution in [0, 0.1) is 0 Å². The lowest BCUT2D eigenvalue weighted by Gasteiger charge is -2.51. The summed E-state index contributed by atoms with van der Waals surface area (Å²) in [5.41, 5.74) is 4.24. The van der Waals surface area contributed by atoms with E-state index >= 15 is 0 Å². The van der Waals surface area contributed by atoms with Gasteiger partial charge in [-0.15, -0.1) is 0 Å². The Hall–Kier alpha value is -4.81. The van der Waals surface area contributed by atoms with Crippen LogP contribution in [0.5, 0.6) is 0 Å². The minimum atomic E-state index is -2.01. The lowest BCUT2D eigenvalue weighted by Crippen LogP contribution is -2.71. The van der Waals surface area contributed by atoms with Gasteiger partial charge in [0.1, 0.15) is 73.6 Å². The average Bonchev–Trinajstić information content (AvgIpc) is 3.56. The van der Waals surface area contributed by atoms with Gasteiger partial charge in [0.2, 0.25) is 9.70 Å². The van der Waals surface area contributed by atoms with E-state index < -0.39 is 114 Å². The predicted octanol–water partition coefficient (Wildman–Crippen LogP) is 6.83. The van der Waals surface area contributed by atoms with Crippen LogP contribution in [0.25, 0.3) is 0 Å². The van der Waals surface area contributed by atoms with Crippen molar-refractivity contribution < 1.29 is 77.0 Å². The zero-order chi connectivity index (χ0) is 55.7. The van der Waals surface area contributed by atoms with E-state index in [1.165, 1.54) is 6.92 Å². The van der Waals surface area contributed by atoms with Crippen molar-refractivity contribution in [2.75, 3.05) is 19.8 Å². The largest absolute Gasteiger partial charge is 0.445 e. The molecule has 21 heteroatoms. The number of hydrogen-bond acceptors (Lipinski definition) is 16. The molecule has 0 spiro atoms. The highest BCUT2D eigenvalue weighted by Gasteiger charge is 2.56. The predicted molar refractivity (Wildman–Crippen MR) is 289 cm³/mol. The summed E-state index contributed by atoms with van der Waals surface area (Å²) >= 11 is 17.8. The standard InChI is InChI=1S/C58H67Cl3N2O16/c1-36-49(71-30-40-22-12-5-13-23-40)52(72-31-41-24-14-6-15-25-41)53(73-32-42-26-16-7-17-27-42)56(75-36)79-51-46(62-37(2)64)54(67)76-44(34-70-29-39-20-10-4-11-21-39)50(51)78-55-45(63-57(68)74-35-58(59,60)61)48(66)47(65)43(77-55)33-69-28-38-18-8-3-9-19-38/h3-27,36,43-56,65-67H,28-35H2,1-2H3,(H,62,64)(H,63,68)/t36-,43+,44+,45+,46+,47-,48+,49+,50+,51+,52+,53-,54+,55-,56-/m0/s1. The molecule has 3 heterocycles. The molecule has 0 bridgehead atoms. The number of rotatable bonds is 24. The Kier molecular flexibility index (Phi) is 22.7. The Morgan fingerprint density at radius 2 is 0.949 bits per heavy atom. The second-order valence-electron chi connectivity index (χ2n) is 19.4. The van der Waals surface area contributed by atoms with Crippen LogP contribution in [-0.4, -0.2) is 143 Å². The summed E-state index contributed by atoms with van der Waals surface area (Å²) in [4.78, 5) is 26.7. The van der Waals surface area contributed by atoms with Crippen LogP contribution in [0.1, 0.15) is 41.7 Å². The highest BCUT2D eigenvalue weighted by molar-refractivity contribution is 6.67. The molecule has 0 aromatic heterocycles. The summed E-state index contributed by atoms with van der Waals surface area (Å²) in [6, 6.07) is 44.3. The maximum Gasteiger partial charge on any atom is 0.407 e. The van der Waals surface area contributed by atoms with Crippen LogP contribution in [0.15, 0.2) is 152 Å². The molecule has 0 radical (unpaired) electrons.